The Kier molecular flexibility index (Phi) is 3.74. The van der Waals surface area contributed by atoms with Gasteiger partial charge in [-0.05, 0) is 28.1 Å². The lowest BCUT2D eigenvalue weighted by molar-refractivity contribution is 0.0954. The first-order valence-corrected chi connectivity index (χ1v) is 4.95. The zero-order chi connectivity index (χ0) is 10.7. The summed E-state index contributed by atoms with van der Waals surface area (Å²) in [4.78, 5) is 11.3. The number of anilines is 1. The number of nitrogen functional groups attached to an aromatic ring is 1. The van der Waals surface area contributed by atoms with Gasteiger partial charge >= 0.3 is 0 Å². The van der Waals surface area contributed by atoms with Gasteiger partial charge in [0.25, 0.3) is 5.91 Å². The van der Waals surface area contributed by atoms with Crippen molar-refractivity contribution in [3.8, 4) is 0 Å². The summed E-state index contributed by atoms with van der Waals surface area (Å²) >= 11 is 9.09. The molecule has 14 heavy (non-hydrogen) atoms. The normalized spacial score (nSPS) is 9.71. The number of hydrogen-bond donors (Lipinski definition) is 3. The molecule has 0 heterocycles. The summed E-state index contributed by atoms with van der Waals surface area (Å²) in [6, 6.07) is 3.24. The lowest BCUT2D eigenvalue weighted by Crippen LogP contribution is -2.30. The second-order valence-corrected chi connectivity index (χ2v) is 3.82. The minimum atomic E-state index is -0.391. The third kappa shape index (κ3) is 2.17. The molecule has 0 unspecified atom stereocenters. The lowest BCUT2D eigenvalue weighted by atomic mass is 10.1. The third-order valence-electron chi connectivity index (χ3n) is 1.68. The Bertz CT molecular complexity index is 370. The van der Waals surface area contributed by atoms with Crippen molar-refractivity contribution in [3.63, 3.8) is 0 Å². The number of hydrogen-bond acceptors (Lipinski definition) is 3. The minimum absolute atomic E-state index is 0.391. The monoisotopic (exact) mass is 277 g/mol. The van der Waals surface area contributed by atoms with Crippen molar-refractivity contribution in [1.82, 2.24) is 5.43 Å². The maximum Gasteiger partial charge on any atom is 0.267 e. The maximum atomic E-state index is 11.3. The Hall–Kier alpha value is -0.780. The van der Waals surface area contributed by atoms with Gasteiger partial charge in [0.15, 0.2) is 0 Å². The standard InChI is InChI=1S/C8H9BrClN3O/c1-12-7-5(8(14)13-11)2-4(10)3-6(7)9/h2-3,12H,11H2,1H3,(H,13,14). The van der Waals surface area contributed by atoms with Gasteiger partial charge in [-0.3, -0.25) is 10.2 Å². The van der Waals surface area contributed by atoms with Gasteiger partial charge in [0.2, 0.25) is 0 Å². The number of benzene rings is 1. The van der Waals surface area contributed by atoms with Crippen LogP contribution in [0, 0.1) is 0 Å². The van der Waals surface area contributed by atoms with Crippen LogP contribution in [0.5, 0.6) is 0 Å². The second-order valence-electron chi connectivity index (χ2n) is 2.53. The Labute approximate surface area is 94.9 Å². The van der Waals surface area contributed by atoms with E-state index in [0.29, 0.717) is 20.7 Å². The van der Waals surface area contributed by atoms with Gasteiger partial charge in [0.05, 0.1) is 11.3 Å². The van der Waals surface area contributed by atoms with Crippen molar-refractivity contribution in [2.75, 3.05) is 12.4 Å². The maximum absolute atomic E-state index is 11.3. The van der Waals surface area contributed by atoms with Gasteiger partial charge in [0, 0.05) is 16.5 Å². The summed E-state index contributed by atoms with van der Waals surface area (Å²) in [5.74, 6) is 4.65. The third-order valence-corrected chi connectivity index (χ3v) is 2.52. The molecule has 4 N–H and O–H groups in total. The van der Waals surface area contributed by atoms with Crippen molar-refractivity contribution in [3.05, 3.63) is 27.2 Å². The van der Waals surface area contributed by atoms with Crippen molar-refractivity contribution in [2.45, 2.75) is 0 Å². The van der Waals surface area contributed by atoms with Crippen LogP contribution < -0.4 is 16.6 Å². The second kappa shape index (κ2) is 4.63. The van der Waals surface area contributed by atoms with Gasteiger partial charge in [-0.15, -0.1) is 0 Å². The number of nitrogens with one attached hydrogen (secondary N) is 2. The summed E-state index contributed by atoms with van der Waals surface area (Å²) in [6.45, 7) is 0. The minimum Gasteiger partial charge on any atom is -0.387 e. The number of amides is 1. The van der Waals surface area contributed by atoms with E-state index in [1.807, 2.05) is 0 Å². The van der Waals surface area contributed by atoms with Gasteiger partial charge < -0.3 is 5.32 Å². The Morgan fingerprint density at radius 1 is 1.57 bits per heavy atom. The molecule has 0 saturated carbocycles. The number of nitrogens with two attached hydrogens (primary N) is 1. The lowest BCUT2D eigenvalue weighted by Gasteiger charge is -2.10. The topological polar surface area (TPSA) is 67.2 Å². The van der Waals surface area contributed by atoms with E-state index in [1.165, 1.54) is 0 Å². The number of carbonyl (C=O) groups excluding carboxylic acids is 1. The summed E-state index contributed by atoms with van der Waals surface area (Å²) < 4.78 is 0.714. The molecule has 1 rings (SSSR count). The van der Waals surface area contributed by atoms with Crippen LogP contribution in [0.2, 0.25) is 5.02 Å². The molecule has 1 amide bonds. The molecule has 0 aliphatic heterocycles. The molecule has 0 saturated heterocycles. The highest BCUT2D eigenvalue weighted by Gasteiger charge is 2.13. The van der Waals surface area contributed by atoms with E-state index in [-0.39, 0.29) is 0 Å². The van der Waals surface area contributed by atoms with Crippen LogP contribution in [0.3, 0.4) is 0 Å². The quantitative estimate of drug-likeness (QED) is 0.439. The smallest absolute Gasteiger partial charge is 0.267 e. The Morgan fingerprint density at radius 3 is 2.71 bits per heavy atom. The predicted octanol–water partition coefficient (Wildman–Crippen LogP) is 1.75. The zero-order valence-corrected chi connectivity index (χ0v) is 9.74. The van der Waals surface area contributed by atoms with Crippen molar-refractivity contribution >= 4 is 39.1 Å². The fourth-order valence-electron chi connectivity index (χ4n) is 1.08. The molecule has 0 atom stereocenters. The molecule has 1 aromatic carbocycles. The average Bonchev–Trinajstić information content (AvgIpc) is 2.15. The highest BCUT2D eigenvalue weighted by atomic mass is 79.9. The van der Waals surface area contributed by atoms with Gasteiger partial charge in [-0.1, -0.05) is 11.6 Å². The van der Waals surface area contributed by atoms with Crippen LogP contribution in [0.4, 0.5) is 5.69 Å². The van der Waals surface area contributed by atoms with E-state index in [9.17, 15) is 4.79 Å². The van der Waals surface area contributed by atoms with Crippen molar-refractivity contribution in [1.29, 1.82) is 0 Å². The van der Waals surface area contributed by atoms with E-state index in [2.05, 4.69) is 26.7 Å². The molecule has 76 valence electrons. The Morgan fingerprint density at radius 2 is 2.21 bits per heavy atom. The molecule has 0 spiro atoms. The molecule has 0 aromatic heterocycles. The van der Waals surface area contributed by atoms with Crippen LogP contribution in [-0.2, 0) is 0 Å². The van der Waals surface area contributed by atoms with Crippen molar-refractivity contribution < 1.29 is 4.79 Å². The highest BCUT2D eigenvalue weighted by Crippen LogP contribution is 2.29. The van der Waals surface area contributed by atoms with Crippen molar-refractivity contribution in [2.24, 2.45) is 5.84 Å². The van der Waals surface area contributed by atoms with Gasteiger partial charge in [0.1, 0.15) is 0 Å². The summed E-state index contributed by atoms with van der Waals surface area (Å²) in [5.41, 5.74) is 3.10. The molecular weight excluding hydrogens is 269 g/mol. The van der Waals surface area contributed by atoms with E-state index in [0.717, 1.165) is 0 Å². The molecular formula is C8H9BrClN3O. The molecule has 6 heteroatoms. The molecule has 0 bridgehead atoms. The molecule has 0 fully saturated rings. The van der Waals surface area contributed by atoms with Crippen LogP contribution >= 0.6 is 27.5 Å². The summed E-state index contributed by atoms with van der Waals surface area (Å²) in [7, 11) is 1.71. The van der Waals surface area contributed by atoms with Crippen LogP contribution in [0.1, 0.15) is 10.4 Å². The van der Waals surface area contributed by atoms with E-state index in [1.54, 1.807) is 19.2 Å². The molecule has 0 radical (unpaired) electrons. The first-order chi connectivity index (χ1) is 6.60. The van der Waals surface area contributed by atoms with Gasteiger partial charge in [-0.25, -0.2) is 5.84 Å². The van der Waals surface area contributed by atoms with E-state index >= 15 is 0 Å². The largest absolute Gasteiger partial charge is 0.387 e. The van der Waals surface area contributed by atoms with E-state index < -0.39 is 5.91 Å². The fraction of sp³-hybridized carbons (Fsp3) is 0.125. The number of halogens is 2. The van der Waals surface area contributed by atoms with Crippen LogP contribution in [-0.4, -0.2) is 13.0 Å². The molecule has 4 nitrogen and oxygen atoms in total. The van der Waals surface area contributed by atoms with Gasteiger partial charge in [-0.2, -0.15) is 0 Å². The first-order valence-electron chi connectivity index (χ1n) is 3.78. The predicted molar refractivity (Wildman–Crippen MR) is 60.4 cm³/mol. The van der Waals surface area contributed by atoms with Crippen LogP contribution in [0.15, 0.2) is 16.6 Å². The zero-order valence-electron chi connectivity index (χ0n) is 7.40. The first kappa shape index (κ1) is 11.3. The van der Waals surface area contributed by atoms with E-state index in [4.69, 9.17) is 17.4 Å². The molecule has 0 aliphatic carbocycles. The number of rotatable bonds is 2. The molecule has 1 aromatic rings. The molecule has 0 aliphatic rings. The Balaban J connectivity index is 3.32. The summed E-state index contributed by atoms with van der Waals surface area (Å²) in [5, 5.41) is 3.35. The number of carbonyl (C=O) groups is 1. The highest BCUT2D eigenvalue weighted by molar-refractivity contribution is 9.10. The van der Waals surface area contributed by atoms with Crippen LogP contribution in [0.25, 0.3) is 0 Å². The SMILES string of the molecule is CNc1c(Br)cc(Cl)cc1C(=O)NN. The average molecular weight is 279 g/mol. The summed E-state index contributed by atoms with van der Waals surface area (Å²) in [6.07, 6.45) is 0. The number of hydrazine groups is 1. The fourth-order valence-corrected chi connectivity index (χ4v) is 2.09.